The van der Waals surface area contributed by atoms with E-state index in [1.807, 2.05) is 38.8 Å². The molecular formula is C24H25BN4O4. The van der Waals surface area contributed by atoms with E-state index in [4.69, 9.17) is 9.26 Å². The SMILES string of the molecule is BN(CC(=O)O)[C@H]1CCCc2c(-c3noc(-c4ccc(OC(C)C)c(C#N)c4)n3)cccc21. The molecular weight excluding hydrogens is 419 g/mol. The summed E-state index contributed by atoms with van der Waals surface area (Å²) in [6.07, 6.45) is 2.68. The molecule has 33 heavy (non-hydrogen) atoms. The Balaban J connectivity index is 1.66. The van der Waals surface area contributed by atoms with Crippen molar-refractivity contribution in [2.45, 2.75) is 45.3 Å². The number of hydrogen-bond donors (Lipinski definition) is 1. The van der Waals surface area contributed by atoms with Crippen LogP contribution in [0.3, 0.4) is 0 Å². The van der Waals surface area contributed by atoms with Gasteiger partial charge < -0.3 is 19.2 Å². The fraction of sp³-hybridized carbons (Fsp3) is 0.333. The Labute approximate surface area is 193 Å². The van der Waals surface area contributed by atoms with E-state index < -0.39 is 5.97 Å². The molecule has 1 N–H and O–H groups in total. The second kappa shape index (κ2) is 9.47. The monoisotopic (exact) mass is 444 g/mol. The third-order valence-electron chi connectivity index (χ3n) is 5.77. The number of fused-ring (bicyclic) bond motifs is 1. The average molecular weight is 444 g/mol. The van der Waals surface area contributed by atoms with Gasteiger partial charge in [0.25, 0.3) is 5.89 Å². The number of hydrogen-bond acceptors (Lipinski definition) is 7. The molecule has 1 atom stereocenters. The summed E-state index contributed by atoms with van der Waals surface area (Å²) in [6.45, 7) is 3.80. The maximum absolute atomic E-state index is 11.2. The van der Waals surface area contributed by atoms with Crippen LogP contribution >= 0.6 is 0 Å². The van der Waals surface area contributed by atoms with Crippen LogP contribution in [0.4, 0.5) is 0 Å². The second-order valence-electron chi connectivity index (χ2n) is 8.50. The third kappa shape index (κ3) is 4.76. The number of carboxylic acid groups (broad SMARTS) is 1. The molecule has 3 aromatic rings. The molecule has 8 nitrogen and oxygen atoms in total. The molecule has 0 unspecified atom stereocenters. The Morgan fingerprint density at radius 2 is 2.21 bits per heavy atom. The normalized spacial score (nSPS) is 15.3. The number of carbonyl (C=O) groups is 1. The minimum atomic E-state index is -0.842. The molecule has 0 saturated heterocycles. The lowest BCUT2D eigenvalue weighted by atomic mass is 9.83. The summed E-state index contributed by atoms with van der Waals surface area (Å²) in [5, 5.41) is 22.9. The van der Waals surface area contributed by atoms with Crippen molar-refractivity contribution in [1.82, 2.24) is 15.0 Å². The van der Waals surface area contributed by atoms with Gasteiger partial charge in [0.05, 0.1) is 18.2 Å². The Bertz CT molecular complexity index is 1220. The summed E-state index contributed by atoms with van der Waals surface area (Å²) >= 11 is 0. The molecule has 0 radical (unpaired) electrons. The fourth-order valence-corrected chi connectivity index (χ4v) is 4.37. The van der Waals surface area contributed by atoms with Crippen molar-refractivity contribution in [2.75, 3.05) is 6.54 Å². The number of benzene rings is 2. The molecule has 0 aliphatic heterocycles. The number of ether oxygens (including phenoxy) is 1. The Kier molecular flexibility index (Phi) is 6.47. The van der Waals surface area contributed by atoms with Crippen LogP contribution < -0.4 is 4.74 Å². The van der Waals surface area contributed by atoms with E-state index in [9.17, 15) is 15.2 Å². The van der Waals surface area contributed by atoms with Crippen molar-refractivity contribution in [3.63, 3.8) is 0 Å². The molecule has 2 aromatic carbocycles. The molecule has 9 heteroatoms. The summed E-state index contributed by atoms with van der Waals surface area (Å²) in [6, 6.07) is 13.4. The first-order valence-corrected chi connectivity index (χ1v) is 11.0. The third-order valence-corrected chi connectivity index (χ3v) is 5.77. The van der Waals surface area contributed by atoms with Crippen LogP contribution in [-0.2, 0) is 11.2 Å². The van der Waals surface area contributed by atoms with E-state index in [1.165, 1.54) is 0 Å². The largest absolute Gasteiger partial charge is 0.490 e. The average Bonchev–Trinajstić information content (AvgIpc) is 3.27. The van der Waals surface area contributed by atoms with Gasteiger partial charge in [-0.15, -0.1) is 0 Å². The van der Waals surface area contributed by atoms with Crippen LogP contribution in [0, 0.1) is 11.3 Å². The number of aliphatic carboxylic acids is 1. The number of aromatic nitrogens is 2. The predicted molar refractivity (Wildman–Crippen MR) is 124 cm³/mol. The van der Waals surface area contributed by atoms with Crippen molar-refractivity contribution in [2.24, 2.45) is 0 Å². The van der Waals surface area contributed by atoms with E-state index in [0.29, 0.717) is 28.6 Å². The highest BCUT2D eigenvalue weighted by molar-refractivity contribution is 6.06. The standard InChI is InChI=1S/C24H25BN4O4/c1-14(2)32-21-10-9-15(11-16(21)12-26)24-27-23(28-33-24)19-7-3-6-18-17(19)5-4-8-20(18)29(25)13-22(30)31/h3,6-7,9-11,14,20H,4-5,8,13,25H2,1-2H3,(H,30,31)/t20-/m0/s1. The van der Waals surface area contributed by atoms with Crippen LogP contribution in [0.25, 0.3) is 22.8 Å². The molecule has 0 saturated carbocycles. The molecule has 1 aliphatic rings. The van der Waals surface area contributed by atoms with Crippen LogP contribution in [-0.4, -0.2) is 46.7 Å². The first-order valence-electron chi connectivity index (χ1n) is 11.0. The van der Waals surface area contributed by atoms with E-state index in [-0.39, 0.29) is 18.7 Å². The van der Waals surface area contributed by atoms with Crippen LogP contribution in [0.5, 0.6) is 5.75 Å². The van der Waals surface area contributed by atoms with Crippen molar-refractivity contribution >= 4 is 14.0 Å². The molecule has 0 amide bonds. The number of nitrogens with zero attached hydrogens (tertiary/aromatic N) is 4. The van der Waals surface area contributed by atoms with Crippen molar-refractivity contribution in [1.29, 1.82) is 5.26 Å². The zero-order chi connectivity index (χ0) is 23.5. The quantitative estimate of drug-likeness (QED) is 0.552. The topological polar surface area (TPSA) is 112 Å². The van der Waals surface area contributed by atoms with Gasteiger partial charge in [0, 0.05) is 17.2 Å². The Hall–Kier alpha value is -3.64. The van der Waals surface area contributed by atoms with Crippen molar-refractivity contribution in [3.05, 3.63) is 53.1 Å². The smallest absolute Gasteiger partial charge is 0.316 e. The molecule has 1 aromatic heterocycles. The summed E-state index contributed by atoms with van der Waals surface area (Å²) < 4.78 is 11.2. The molecule has 0 spiro atoms. The molecule has 0 bridgehead atoms. The highest BCUT2D eigenvalue weighted by atomic mass is 16.5. The van der Waals surface area contributed by atoms with E-state index in [1.54, 1.807) is 18.2 Å². The van der Waals surface area contributed by atoms with Crippen molar-refractivity contribution in [3.8, 4) is 34.7 Å². The minimum absolute atomic E-state index is 0.0154. The lowest BCUT2D eigenvalue weighted by Crippen LogP contribution is -2.33. The van der Waals surface area contributed by atoms with Crippen LogP contribution in [0.2, 0.25) is 0 Å². The van der Waals surface area contributed by atoms with Gasteiger partial charge in [-0.25, -0.2) is 0 Å². The first-order chi connectivity index (χ1) is 15.9. The maximum Gasteiger partial charge on any atom is 0.316 e. The van der Waals surface area contributed by atoms with Crippen LogP contribution in [0.1, 0.15) is 49.4 Å². The van der Waals surface area contributed by atoms with Gasteiger partial charge in [-0.2, -0.15) is 10.2 Å². The minimum Gasteiger partial charge on any atom is -0.490 e. The van der Waals surface area contributed by atoms with Gasteiger partial charge in [-0.3, -0.25) is 4.79 Å². The summed E-state index contributed by atoms with van der Waals surface area (Å²) in [5.74, 6) is 0.477. The second-order valence-corrected chi connectivity index (χ2v) is 8.50. The van der Waals surface area contributed by atoms with E-state index in [2.05, 4.69) is 22.3 Å². The van der Waals surface area contributed by atoms with E-state index >= 15 is 0 Å². The van der Waals surface area contributed by atoms with E-state index in [0.717, 1.165) is 36.0 Å². The molecule has 168 valence electrons. The number of rotatable bonds is 7. The zero-order valence-corrected chi connectivity index (χ0v) is 18.9. The maximum atomic E-state index is 11.2. The Morgan fingerprint density at radius 1 is 1.39 bits per heavy atom. The van der Waals surface area contributed by atoms with Crippen LogP contribution in [0.15, 0.2) is 40.9 Å². The molecule has 1 heterocycles. The summed E-state index contributed by atoms with van der Waals surface area (Å²) in [5.41, 5.74) is 4.16. The molecule has 4 rings (SSSR count). The van der Waals surface area contributed by atoms with Gasteiger partial charge in [-0.1, -0.05) is 23.4 Å². The van der Waals surface area contributed by atoms with Gasteiger partial charge in [0.15, 0.2) is 7.98 Å². The highest BCUT2D eigenvalue weighted by Crippen LogP contribution is 2.38. The Morgan fingerprint density at radius 3 is 2.94 bits per heavy atom. The lowest BCUT2D eigenvalue weighted by molar-refractivity contribution is -0.137. The van der Waals surface area contributed by atoms with Gasteiger partial charge in [0.2, 0.25) is 5.82 Å². The van der Waals surface area contributed by atoms with Gasteiger partial charge >= 0.3 is 5.97 Å². The molecule has 0 fully saturated rings. The van der Waals surface area contributed by atoms with Gasteiger partial charge in [0.1, 0.15) is 11.8 Å². The summed E-state index contributed by atoms with van der Waals surface area (Å²) in [4.78, 5) is 17.7. The molecule has 1 aliphatic carbocycles. The zero-order valence-electron chi connectivity index (χ0n) is 18.9. The predicted octanol–water partition coefficient (Wildman–Crippen LogP) is 3.37. The highest BCUT2D eigenvalue weighted by Gasteiger charge is 2.27. The van der Waals surface area contributed by atoms with Gasteiger partial charge in [-0.05, 0) is 62.4 Å². The first kappa shape index (κ1) is 22.6. The number of carboxylic acids is 1. The number of nitriles is 1. The lowest BCUT2D eigenvalue weighted by Gasteiger charge is -2.33. The summed E-state index contributed by atoms with van der Waals surface area (Å²) in [7, 11) is 1.84. The van der Waals surface area contributed by atoms with Crippen molar-refractivity contribution < 1.29 is 19.2 Å². The fourth-order valence-electron chi connectivity index (χ4n) is 4.37.